The molecule has 5 heteroatoms. The van der Waals surface area contributed by atoms with Gasteiger partial charge in [0.15, 0.2) is 0 Å². The summed E-state index contributed by atoms with van der Waals surface area (Å²) in [5.41, 5.74) is 0.953. The Balaban J connectivity index is 1.76. The van der Waals surface area contributed by atoms with E-state index in [4.69, 9.17) is 4.74 Å². The monoisotopic (exact) mass is 309 g/mol. The highest BCUT2D eigenvalue weighted by atomic mass is 32.2. The zero-order valence-electron chi connectivity index (χ0n) is 12.8. The maximum atomic E-state index is 12.5. The van der Waals surface area contributed by atoms with Crippen LogP contribution in [0.4, 0.5) is 0 Å². The third kappa shape index (κ3) is 2.62. The number of nitrogens with one attached hydrogen (secondary N) is 1. The van der Waals surface area contributed by atoms with E-state index in [1.165, 1.54) is 0 Å². The summed E-state index contributed by atoms with van der Waals surface area (Å²) in [6, 6.07) is 6.85. The molecule has 1 heterocycles. The van der Waals surface area contributed by atoms with Gasteiger partial charge in [-0.2, -0.15) is 0 Å². The number of hydrogen-bond acceptors (Lipinski definition) is 3. The minimum absolute atomic E-state index is 0.0338. The Morgan fingerprint density at radius 2 is 1.95 bits per heavy atom. The van der Waals surface area contributed by atoms with E-state index in [1.54, 1.807) is 12.1 Å². The van der Waals surface area contributed by atoms with Crippen LogP contribution in [0.15, 0.2) is 29.2 Å². The van der Waals surface area contributed by atoms with Gasteiger partial charge in [-0.3, -0.25) is 0 Å². The van der Waals surface area contributed by atoms with Gasteiger partial charge in [0.05, 0.1) is 16.5 Å². The highest BCUT2D eigenvalue weighted by Gasteiger charge is 2.63. The molecule has 0 amide bonds. The fraction of sp³-hybridized carbons (Fsp3) is 0.625. The molecule has 0 spiro atoms. The number of benzene rings is 1. The molecule has 4 nitrogen and oxygen atoms in total. The molecule has 2 aliphatic rings. The van der Waals surface area contributed by atoms with E-state index >= 15 is 0 Å². The molecule has 0 aromatic heterocycles. The maximum Gasteiger partial charge on any atom is 0.240 e. The molecular formula is C16H23NO3S. The van der Waals surface area contributed by atoms with Crippen molar-refractivity contribution in [3.05, 3.63) is 29.8 Å². The number of hydrogen-bond donors (Lipinski definition) is 1. The lowest BCUT2D eigenvalue weighted by atomic mass is 9.79. The molecule has 1 aliphatic heterocycles. The summed E-state index contributed by atoms with van der Waals surface area (Å²) in [5.74, 6) is 0.425. The minimum atomic E-state index is -3.47. The molecule has 0 bridgehead atoms. The summed E-state index contributed by atoms with van der Waals surface area (Å²) in [5, 5.41) is 0. The maximum absolute atomic E-state index is 12.5. The first-order chi connectivity index (χ1) is 9.85. The lowest BCUT2D eigenvalue weighted by Crippen LogP contribution is -2.44. The molecule has 0 radical (unpaired) electrons. The summed E-state index contributed by atoms with van der Waals surface area (Å²) in [6.07, 6.45) is 2.93. The molecule has 0 unspecified atom stereocenters. The highest BCUT2D eigenvalue weighted by Crippen LogP contribution is 2.52. The van der Waals surface area contributed by atoms with Crippen LogP contribution in [-0.2, 0) is 14.8 Å². The Bertz CT molecular complexity index is 623. The molecular weight excluding hydrogens is 286 g/mol. The highest BCUT2D eigenvalue weighted by molar-refractivity contribution is 7.89. The van der Waals surface area contributed by atoms with Crippen molar-refractivity contribution in [2.24, 2.45) is 5.92 Å². The first-order valence-corrected chi connectivity index (χ1v) is 9.10. The lowest BCUT2D eigenvalue weighted by Gasteiger charge is -2.27. The Morgan fingerprint density at radius 3 is 2.57 bits per heavy atom. The molecule has 1 N–H and O–H groups in total. The van der Waals surface area contributed by atoms with Crippen LogP contribution in [0.25, 0.3) is 0 Å². The minimum Gasteiger partial charge on any atom is -0.364 e. The number of epoxide rings is 1. The number of ether oxygens (including phenoxy) is 1. The second-order valence-electron chi connectivity index (χ2n) is 6.58. The van der Waals surface area contributed by atoms with Crippen molar-refractivity contribution in [2.75, 3.05) is 0 Å². The van der Waals surface area contributed by atoms with Gasteiger partial charge in [-0.1, -0.05) is 31.5 Å². The van der Waals surface area contributed by atoms with E-state index < -0.39 is 10.0 Å². The SMILES string of the molecule is Cc1ccc(S(=O)(=O)N[C@@H]2CCC[C@@]3(C(C)C)O[C@@H]23)cc1. The predicted molar refractivity (Wildman–Crippen MR) is 81.6 cm³/mol. The first kappa shape index (κ1) is 15.0. The van der Waals surface area contributed by atoms with Crippen LogP contribution in [0, 0.1) is 12.8 Å². The molecule has 1 saturated heterocycles. The van der Waals surface area contributed by atoms with Crippen molar-refractivity contribution in [3.8, 4) is 0 Å². The third-order valence-electron chi connectivity index (χ3n) is 4.83. The van der Waals surface area contributed by atoms with Crippen molar-refractivity contribution in [1.29, 1.82) is 0 Å². The van der Waals surface area contributed by atoms with Crippen LogP contribution < -0.4 is 4.72 Å². The second-order valence-corrected chi connectivity index (χ2v) is 8.30. The van der Waals surface area contributed by atoms with E-state index in [-0.39, 0.29) is 17.7 Å². The molecule has 1 saturated carbocycles. The van der Waals surface area contributed by atoms with Crippen LogP contribution in [0.2, 0.25) is 0 Å². The Morgan fingerprint density at radius 1 is 1.29 bits per heavy atom. The summed E-state index contributed by atoms with van der Waals surface area (Å²) in [6.45, 7) is 6.24. The van der Waals surface area contributed by atoms with Crippen molar-refractivity contribution < 1.29 is 13.2 Å². The van der Waals surface area contributed by atoms with Crippen molar-refractivity contribution in [1.82, 2.24) is 4.72 Å². The third-order valence-corrected chi connectivity index (χ3v) is 6.34. The van der Waals surface area contributed by atoms with Crippen LogP contribution >= 0.6 is 0 Å². The van der Waals surface area contributed by atoms with Crippen LogP contribution in [0.1, 0.15) is 38.7 Å². The molecule has 1 aromatic rings. The Labute approximate surface area is 126 Å². The zero-order valence-corrected chi connectivity index (χ0v) is 13.6. The lowest BCUT2D eigenvalue weighted by molar-refractivity contribution is 0.224. The second kappa shape index (κ2) is 5.07. The average molecular weight is 309 g/mol. The summed E-state index contributed by atoms with van der Waals surface area (Å²) < 4.78 is 33.7. The van der Waals surface area contributed by atoms with E-state index in [1.807, 2.05) is 19.1 Å². The van der Waals surface area contributed by atoms with Crippen molar-refractivity contribution >= 4 is 10.0 Å². The van der Waals surface area contributed by atoms with Gasteiger partial charge in [0.1, 0.15) is 6.10 Å². The van der Waals surface area contributed by atoms with Gasteiger partial charge in [-0.25, -0.2) is 13.1 Å². The molecule has 1 aliphatic carbocycles. The summed E-state index contributed by atoms with van der Waals surface area (Å²) in [4.78, 5) is 0.328. The Hall–Kier alpha value is -0.910. The van der Waals surface area contributed by atoms with Gasteiger partial charge in [-0.05, 0) is 44.2 Å². The number of sulfonamides is 1. The van der Waals surface area contributed by atoms with Gasteiger partial charge in [0.25, 0.3) is 0 Å². The number of rotatable bonds is 4. The molecule has 2 fully saturated rings. The van der Waals surface area contributed by atoms with Crippen molar-refractivity contribution in [3.63, 3.8) is 0 Å². The topological polar surface area (TPSA) is 58.7 Å². The van der Waals surface area contributed by atoms with Gasteiger partial charge in [0.2, 0.25) is 10.0 Å². The van der Waals surface area contributed by atoms with Crippen LogP contribution in [0.3, 0.4) is 0 Å². The largest absolute Gasteiger partial charge is 0.364 e. The molecule has 3 rings (SSSR count). The summed E-state index contributed by atoms with van der Waals surface area (Å²) >= 11 is 0. The van der Waals surface area contributed by atoms with Crippen molar-refractivity contribution in [2.45, 2.75) is 62.7 Å². The first-order valence-electron chi connectivity index (χ1n) is 7.62. The average Bonchev–Trinajstić information content (AvgIpc) is 3.16. The fourth-order valence-electron chi connectivity index (χ4n) is 3.43. The summed E-state index contributed by atoms with van der Waals surface area (Å²) in [7, 11) is -3.47. The molecule has 21 heavy (non-hydrogen) atoms. The van der Waals surface area contributed by atoms with Gasteiger partial charge < -0.3 is 4.74 Å². The number of fused-ring (bicyclic) bond motifs is 1. The Kier molecular flexibility index (Phi) is 3.62. The van der Waals surface area contributed by atoms with Gasteiger partial charge in [-0.15, -0.1) is 0 Å². The van der Waals surface area contributed by atoms with E-state index in [2.05, 4.69) is 18.6 Å². The van der Waals surface area contributed by atoms with E-state index in [0.29, 0.717) is 10.8 Å². The standard InChI is InChI=1S/C16H23NO3S/c1-11(2)16-10-4-5-14(15(16)20-16)17-21(18,19)13-8-6-12(3)7-9-13/h6-9,11,14-15,17H,4-5,10H2,1-3H3/t14-,15+,16+/m1/s1. The van der Waals surface area contributed by atoms with Crippen LogP contribution in [-0.4, -0.2) is 26.2 Å². The van der Waals surface area contributed by atoms with Crippen LogP contribution in [0.5, 0.6) is 0 Å². The normalized spacial score (nSPS) is 32.0. The fourth-order valence-corrected chi connectivity index (χ4v) is 4.71. The molecule has 116 valence electrons. The van der Waals surface area contributed by atoms with E-state index in [0.717, 1.165) is 24.8 Å². The smallest absolute Gasteiger partial charge is 0.240 e. The number of aryl methyl sites for hydroxylation is 1. The molecule has 3 atom stereocenters. The molecule has 1 aromatic carbocycles. The van der Waals surface area contributed by atoms with Gasteiger partial charge >= 0.3 is 0 Å². The zero-order chi connectivity index (χ0) is 15.3. The predicted octanol–water partition coefficient (Wildman–Crippen LogP) is 2.62. The van der Waals surface area contributed by atoms with E-state index in [9.17, 15) is 8.42 Å². The quantitative estimate of drug-likeness (QED) is 0.870. The van der Waals surface area contributed by atoms with Gasteiger partial charge in [0, 0.05) is 0 Å².